The lowest BCUT2D eigenvalue weighted by molar-refractivity contribution is -0.118. The summed E-state index contributed by atoms with van der Waals surface area (Å²) in [6.07, 6.45) is 5.31. The number of carbonyl (C=O) groups excluding carboxylic acids is 1. The van der Waals surface area contributed by atoms with Gasteiger partial charge in [0, 0.05) is 26.1 Å². The molecule has 3 rings (SSSR count). The van der Waals surface area contributed by atoms with Gasteiger partial charge in [0.05, 0.1) is 5.69 Å². The lowest BCUT2D eigenvalue weighted by Gasteiger charge is -2.13. The fourth-order valence-electron chi connectivity index (χ4n) is 2.29. The van der Waals surface area contributed by atoms with Gasteiger partial charge in [-0.1, -0.05) is 0 Å². The average molecular weight is 219 g/mol. The minimum absolute atomic E-state index is 0.205. The number of aryl methyl sites for hydroxylation is 1. The maximum atomic E-state index is 11.7. The Morgan fingerprint density at radius 3 is 3.06 bits per heavy atom. The molecule has 2 heterocycles. The summed E-state index contributed by atoms with van der Waals surface area (Å²) in [6, 6.07) is 2.08. The number of hydrogen-bond donors (Lipinski definition) is 0. The van der Waals surface area contributed by atoms with E-state index in [4.69, 9.17) is 0 Å². The van der Waals surface area contributed by atoms with Crippen LogP contribution in [-0.4, -0.2) is 22.7 Å². The Morgan fingerprint density at radius 1 is 1.50 bits per heavy atom. The molecule has 0 unspecified atom stereocenters. The first-order chi connectivity index (χ1) is 7.74. The van der Waals surface area contributed by atoms with Crippen LogP contribution in [0.5, 0.6) is 0 Å². The standard InChI is InChI=1S/C12H17N3O/c1-14-11-8-10(7-9-4-5-9)13-15(11)6-2-3-12(14)16/h8-9H,2-7H2,1H3. The normalized spacial score (nSPS) is 20.8. The minimum Gasteiger partial charge on any atom is -0.300 e. The van der Waals surface area contributed by atoms with Crippen LogP contribution in [-0.2, 0) is 17.8 Å². The van der Waals surface area contributed by atoms with Crippen molar-refractivity contribution in [3.63, 3.8) is 0 Å². The molecule has 1 saturated carbocycles. The molecule has 4 nitrogen and oxygen atoms in total. The molecule has 2 aliphatic rings. The molecular formula is C12H17N3O. The monoisotopic (exact) mass is 219 g/mol. The number of hydrogen-bond acceptors (Lipinski definition) is 2. The number of carbonyl (C=O) groups is 1. The molecule has 1 aromatic rings. The summed E-state index contributed by atoms with van der Waals surface area (Å²) in [4.78, 5) is 13.5. The lowest BCUT2D eigenvalue weighted by Crippen LogP contribution is -2.25. The lowest BCUT2D eigenvalue weighted by atomic mass is 10.2. The predicted molar refractivity (Wildman–Crippen MR) is 61.3 cm³/mol. The second-order valence-electron chi connectivity index (χ2n) is 4.92. The van der Waals surface area contributed by atoms with Crippen LogP contribution in [0.2, 0.25) is 0 Å². The van der Waals surface area contributed by atoms with Crippen molar-refractivity contribution in [2.24, 2.45) is 5.92 Å². The summed E-state index contributed by atoms with van der Waals surface area (Å²) in [5, 5.41) is 4.60. The van der Waals surface area contributed by atoms with Crippen LogP contribution < -0.4 is 4.90 Å². The molecule has 0 bridgehead atoms. The summed E-state index contributed by atoms with van der Waals surface area (Å²) in [5.41, 5.74) is 1.15. The van der Waals surface area contributed by atoms with Gasteiger partial charge in [0.1, 0.15) is 5.82 Å². The van der Waals surface area contributed by atoms with Crippen LogP contribution in [0.15, 0.2) is 6.07 Å². The summed E-state index contributed by atoms with van der Waals surface area (Å²) < 4.78 is 1.99. The molecule has 0 radical (unpaired) electrons. The molecule has 16 heavy (non-hydrogen) atoms. The van der Waals surface area contributed by atoms with Crippen molar-refractivity contribution in [1.29, 1.82) is 0 Å². The van der Waals surface area contributed by atoms with E-state index in [9.17, 15) is 4.79 Å². The van der Waals surface area contributed by atoms with Crippen molar-refractivity contribution in [3.8, 4) is 0 Å². The summed E-state index contributed by atoms with van der Waals surface area (Å²) in [7, 11) is 1.85. The van der Waals surface area contributed by atoms with Gasteiger partial charge in [-0.05, 0) is 31.6 Å². The van der Waals surface area contributed by atoms with E-state index in [1.807, 2.05) is 11.7 Å². The van der Waals surface area contributed by atoms with E-state index in [1.54, 1.807) is 4.90 Å². The van der Waals surface area contributed by atoms with E-state index >= 15 is 0 Å². The zero-order valence-corrected chi connectivity index (χ0v) is 9.65. The highest BCUT2D eigenvalue weighted by molar-refractivity contribution is 5.92. The largest absolute Gasteiger partial charge is 0.300 e. The van der Waals surface area contributed by atoms with Crippen molar-refractivity contribution in [2.75, 3.05) is 11.9 Å². The molecule has 1 aliphatic carbocycles. The number of rotatable bonds is 2. The van der Waals surface area contributed by atoms with Crippen LogP contribution >= 0.6 is 0 Å². The number of nitrogens with zero attached hydrogens (tertiary/aromatic N) is 3. The van der Waals surface area contributed by atoms with Crippen LogP contribution in [0.4, 0.5) is 5.82 Å². The van der Waals surface area contributed by atoms with Gasteiger partial charge in [-0.2, -0.15) is 5.10 Å². The van der Waals surface area contributed by atoms with Gasteiger partial charge in [0.2, 0.25) is 5.91 Å². The highest BCUT2D eigenvalue weighted by Gasteiger charge is 2.25. The molecule has 1 amide bonds. The van der Waals surface area contributed by atoms with Crippen molar-refractivity contribution < 1.29 is 4.79 Å². The number of aromatic nitrogens is 2. The third kappa shape index (κ3) is 1.72. The molecule has 0 spiro atoms. The van der Waals surface area contributed by atoms with E-state index in [1.165, 1.54) is 12.8 Å². The van der Waals surface area contributed by atoms with Gasteiger partial charge in [-0.15, -0.1) is 0 Å². The third-order valence-corrected chi connectivity index (χ3v) is 3.48. The first-order valence-corrected chi connectivity index (χ1v) is 6.07. The summed E-state index contributed by atoms with van der Waals surface area (Å²) in [6.45, 7) is 0.871. The SMILES string of the molecule is CN1C(=O)CCCn2nc(CC3CC3)cc21. The Hall–Kier alpha value is -1.32. The van der Waals surface area contributed by atoms with Gasteiger partial charge in [-0.3, -0.25) is 4.79 Å². The van der Waals surface area contributed by atoms with Gasteiger partial charge in [0.25, 0.3) is 0 Å². The van der Waals surface area contributed by atoms with Crippen molar-refractivity contribution >= 4 is 11.7 Å². The fourth-order valence-corrected chi connectivity index (χ4v) is 2.29. The molecule has 1 aliphatic heterocycles. The summed E-state index contributed by atoms with van der Waals surface area (Å²) >= 11 is 0. The average Bonchev–Trinajstić information content (AvgIpc) is 2.99. The Kier molecular flexibility index (Phi) is 2.23. The Balaban J connectivity index is 1.88. The second-order valence-corrected chi connectivity index (χ2v) is 4.92. The summed E-state index contributed by atoms with van der Waals surface area (Å²) in [5.74, 6) is 2.02. The smallest absolute Gasteiger partial charge is 0.227 e. The fraction of sp³-hybridized carbons (Fsp3) is 0.667. The third-order valence-electron chi connectivity index (χ3n) is 3.48. The van der Waals surface area contributed by atoms with E-state index in [0.29, 0.717) is 6.42 Å². The zero-order chi connectivity index (χ0) is 11.1. The maximum absolute atomic E-state index is 11.7. The number of fused-ring (bicyclic) bond motifs is 1. The molecule has 0 atom stereocenters. The van der Waals surface area contributed by atoms with Gasteiger partial charge < -0.3 is 4.90 Å². The van der Waals surface area contributed by atoms with E-state index in [-0.39, 0.29) is 5.91 Å². The van der Waals surface area contributed by atoms with Gasteiger partial charge in [-0.25, -0.2) is 4.68 Å². The predicted octanol–water partition coefficient (Wildman–Crippen LogP) is 1.59. The van der Waals surface area contributed by atoms with Crippen LogP contribution in [0.3, 0.4) is 0 Å². The molecule has 1 fully saturated rings. The minimum atomic E-state index is 0.205. The molecule has 0 aromatic carbocycles. The van der Waals surface area contributed by atoms with Gasteiger partial charge in [0.15, 0.2) is 0 Å². The van der Waals surface area contributed by atoms with Crippen LogP contribution in [0, 0.1) is 5.92 Å². The number of anilines is 1. The van der Waals surface area contributed by atoms with E-state index in [0.717, 1.165) is 36.8 Å². The zero-order valence-electron chi connectivity index (χ0n) is 9.65. The maximum Gasteiger partial charge on any atom is 0.227 e. The molecule has 86 valence electrons. The second kappa shape index (κ2) is 3.61. The van der Waals surface area contributed by atoms with E-state index in [2.05, 4.69) is 11.2 Å². The first kappa shape index (κ1) is 9.87. The van der Waals surface area contributed by atoms with Crippen molar-refractivity contribution in [2.45, 2.75) is 38.6 Å². The molecule has 1 aromatic heterocycles. The Morgan fingerprint density at radius 2 is 2.31 bits per heavy atom. The van der Waals surface area contributed by atoms with E-state index < -0.39 is 0 Å². The Bertz CT molecular complexity index is 420. The first-order valence-electron chi connectivity index (χ1n) is 6.07. The van der Waals surface area contributed by atoms with Crippen molar-refractivity contribution in [3.05, 3.63) is 11.8 Å². The topological polar surface area (TPSA) is 38.1 Å². The van der Waals surface area contributed by atoms with Crippen LogP contribution in [0.1, 0.15) is 31.4 Å². The van der Waals surface area contributed by atoms with Crippen LogP contribution in [0.25, 0.3) is 0 Å². The molecule has 0 saturated heterocycles. The molecular weight excluding hydrogens is 202 g/mol. The highest BCUT2D eigenvalue weighted by Crippen LogP contribution is 2.33. The highest BCUT2D eigenvalue weighted by atomic mass is 16.2. The quantitative estimate of drug-likeness (QED) is 0.757. The number of amides is 1. The van der Waals surface area contributed by atoms with Crippen molar-refractivity contribution in [1.82, 2.24) is 9.78 Å². The molecule has 0 N–H and O–H groups in total. The van der Waals surface area contributed by atoms with Gasteiger partial charge >= 0.3 is 0 Å². The molecule has 4 heteroatoms. The Labute approximate surface area is 95.2 Å².